The van der Waals surface area contributed by atoms with E-state index in [1.54, 1.807) is 41.5 Å². The number of carbonyl (C=O) groups is 3. The van der Waals surface area contributed by atoms with Gasteiger partial charge in [0.2, 0.25) is 0 Å². The minimum atomic E-state index is -4.79. The van der Waals surface area contributed by atoms with Crippen LogP contribution in [0.3, 0.4) is 0 Å². The number of carbonyl (C=O) groups excluding carboxylic acids is 3. The number of amides is 3. The summed E-state index contributed by atoms with van der Waals surface area (Å²) in [6, 6.07) is -2.51. The fourth-order valence-electron chi connectivity index (χ4n) is 2.17. The number of rotatable bonds is 2. The summed E-state index contributed by atoms with van der Waals surface area (Å²) in [6.07, 6.45) is -2.11. The fraction of sp³-hybridized carbons (Fsp3) is 0.786. The lowest BCUT2D eigenvalue weighted by Crippen LogP contribution is -2.74. The quantitative estimate of drug-likeness (QED) is 0.401. The Labute approximate surface area is 152 Å². The molecule has 0 aromatic carbocycles. The van der Waals surface area contributed by atoms with Crippen molar-refractivity contribution in [2.45, 2.75) is 71.8 Å². The molecule has 2 unspecified atom stereocenters. The van der Waals surface area contributed by atoms with Gasteiger partial charge in [-0.1, -0.05) is 0 Å². The monoisotopic (exact) mass is 395 g/mol. The average molecular weight is 395 g/mol. The minimum Gasteiger partial charge on any atom is -0.443 e. The Morgan fingerprint density at radius 1 is 1.12 bits per heavy atom. The predicted octanol–water partition coefficient (Wildman–Crippen LogP) is 1.07. The minimum absolute atomic E-state index is 0.200. The number of hydrogen-bond donors (Lipinski definition) is 2. The van der Waals surface area contributed by atoms with Gasteiger partial charge in [0.1, 0.15) is 11.2 Å². The lowest BCUT2D eigenvalue weighted by atomic mass is 10.0. The highest BCUT2D eigenvalue weighted by atomic mass is 32.2. The van der Waals surface area contributed by atoms with E-state index in [9.17, 15) is 22.8 Å². The molecule has 0 aromatic rings. The second-order valence-corrected chi connectivity index (χ2v) is 9.05. The van der Waals surface area contributed by atoms with Crippen molar-refractivity contribution in [3.05, 3.63) is 0 Å². The topological polar surface area (TPSA) is 143 Å². The maximum atomic E-state index is 12.4. The normalized spacial score (nSPS) is 20.9. The summed E-state index contributed by atoms with van der Waals surface area (Å²) < 4.78 is 41.9. The number of hydrogen-bond acceptors (Lipinski definition) is 7. The molecule has 2 N–H and O–H groups in total. The maximum absolute atomic E-state index is 12.4. The summed E-state index contributed by atoms with van der Waals surface area (Å²) >= 11 is 0. The Morgan fingerprint density at radius 2 is 1.58 bits per heavy atom. The van der Waals surface area contributed by atoms with Crippen LogP contribution in [0, 0.1) is 0 Å². The molecule has 12 heteroatoms. The van der Waals surface area contributed by atoms with Crippen LogP contribution in [-0.4, -0.2) is 63.7 Å². The molecule has 1 aliphatic rings. The summed E-state index contributed by atoms with van der Waals surface area (Å²) in [6.45, 7) is 10.8. The van der Waals surface area contributed by atoms with Crippen molar-refractivity contribution in [2.75, 3.05) is 0 Å². The van der Waals surface area contributed by atoms with Crippen LogP contribution < -0.4 is 5.43 Å². The number of hydrazine groups is 1. The lowest BCUT2D eigenvalue weighted by Gasteiger charge is -2.46. The van der Waals surface area contributed by atoms with E-state index in [-0.39, 0.29) is 4.31 Å². The van der Waals surface area contributed by atoms with Gasteiger partial charge in [-0.2, -0.15) is 8.42 Å². The van der Waals surface area contributed by atoms with E-state index in [2.05, 4.69) is 5.43 Å². The number of β-lactam (4-membered cyclic amide) rings is 1. The standard InChI is InChI=1S/C14H25N3O8S/c1-8-9(10(18)17(8)26(21,22)23)16(12(20)25-14(5,6)7)15-11(19)24-13(2,3)4/h8-9H,1-7H3,(H,15,19)(H,21,22,23). The van der Waals surface area contributed by atoms with Gasteiger partial charge in [-0.15, -0.1) is 0 Å². The van der Waals surface area contributed by atoms with Crippen LogP contribution in [0.5, 0.6) is 0 Å². The zero-order chi connectivity index (χ0) is 20.7. The average Bonchev–Trinajstić information content (AvgIpc) is 2.31. The zero-order valence-electron chi connectivity index (χ0n) is 15.8. The van der Waals surface area contributed by atoms with Gasteiger partial charge < -0.3 is 9.47 Å². The SMILES string of the molecule is CC1C(N(NC(=O)OC(C)(C)C)C(=O)OC(C)(C)C)C(=O)N1S(=O)(=O)O. The van der Waals surface area contributed by atoms with Crippen molar-refractivity contribution < 1.29 is 36.8 Å². The smallest absolute Gasteiger partial charge is 0.430 e. The van der Waals surface area contributed by atoms with Crippen LogP contribution in [0.4, 0.5) is 9.59 Å². The summed E-state index contributed by atoms with van der Waals surface area (Å²) in [5.41, 5.74) is 0.288. The molecule has 0 aliphatic carbocycles. The molecule has 3 amide bonds. The van der Waals surface area contributed by atoms with Gasteiger partial charge in [-0.3, -0.25) is 9.35 Å². The molecule has 2 atom stereocenters. The molecule has 1 saturated heterocycles. The maximum Gasteiger partial charge on any atom is 0.430 e. The van der Waals surface area contributed by atoms with Crippen molar-refractivity contribution in [1.82, 2.24) is 14.7 Å². The van der Waals surface area contributed by atoms with E-state index in [4.69, 9.17) is 14.0 Å². The highest BCUT2D eigenvalue weighted by Gasteiger charge is 2.56. The van der Waals surface area contributed by atoms with Crippen molar-refractivity contribution in [2.24, 2.45) is 0 Å². The molecule has 26 heavy (non-hydrogen) atoms. The first-order valence-electron chi connectivity index (χ1n) is 7.76. The first-order chi connectivity index (χ1) is 11.4. The molecule has 11 nitrogen and oxygen atoms in total. The van der Waals surface area contributed by atoms with E-state index in [0.717, 1.165) is 0 Å². The summed E-state index contributed by atoms with van der Waals surface area (Å²) in [5.74, 6) is -1.10. The summed E-state index contributed by atoms with van der Waals surface area (Å²) in [4.78, 5) is 36.5. The molecule has 0 radical (unpaired) electrons. The number of ether oxygens (including phenoxy) is 2. The lowest BCUT2D eigenvalue weighted by molar-refractivity contribution is -0.150. The predicted molar refractivity (Wildman–Crippen MR) is 89.1 cm³/mol. The Morgan fingerprint density at radius 3 is 1.92 bits per heavy atom. The van der Waals surface area contributed by atoms with Crippen LogP contribution in [-0.2, 0) is 24.6 Å². The molecular weight excluding hydrogens is 370 g/mol. The largest absolute Gasteiger partial charge is 0.443 e. The molecule has 1 rings (SSSR count). The fourth-order valence-corrected chi connectivity index (χ4v) is 3.04. The van der Waals surface area contributed by atoms with Gasteiger partial charge in [0, 0.05) is 0 Å². The first-order valence-corrected chi connectivity index (χ1v) is 9.16. The van der Waals surface area contributed by atoms with E-state index >= 15 is 0 Å². The van der Waals surface area contributed by atoms with Crippen LogP contribution in [0.15, 0.2) is 0 Å². The molecule has 1 aliphatic heterocycles. The summed E-state index contributed by atoms with van der Waals surface area (Å²) in [7, 11) is -4.79. The summed E-state index contributed by atoms with van der Waals surface area (Å²) in [5, 5.41) is 0.563. The molecule has 0 bridgehead atoms. The van der Waals surface area contributed by atoms with Gasteiger partial charge in [0.25, 0.3) is 5.91 Å². The number of nitrogens with one attached hydrogen (secondary N) is 1. The van der Waals surface area contributed by atoms with E-state index in [1.165, 1.54) is 6.92 Å². The third kappa shape index (κ3) is 5.46. The van der Waals surface area contributed by atoms with Crippen molar-refractivity contribution in [1.29, 1.82) is 0 Å². The second-order valence-electron chi connectivity index (χ2n) is 7.76. The Kier molecular flexibility index (Phi) is 5.84. The van der Waals surface area contributed by atoms with E-state index in [1.807, 2.05) is 0 Å². The molecule has 1 fully saturated rings. The van der Waals surface area contributed by atoms with Crippen molar-refractivity contribution in [3.63, 3.8) is 0 Å². The van der Waals surface area contributed by atoms with Crippen molar-refractivity contribution >= 4 is 28.4 Å². The van der Waals surface area contributed by atoms with Gasteiger partial charge in [-0.25, -0.2) is 24.3 Å². The Bertz CT molecular complexity index is 692. The Hall–Kier alpha value is -2.08. The van der Waals surface area contributed by atoms with Gasteiger partial charge in [0.15, 0.2) is 6.04 Å². The Balaban J connectivity index is 3.08. The molecule has 150 valence electrons. The van der Waals surface area contributed by atoms with Crippen LogP contribution in [0.25, 0.3) is 0 Å². The third-order valence-corrected chi connectivity index (χ3v) is 4.03. The highest BCUT2D eigenvalue weighted by Crippen LogP contribution is 2.28. The molecular formula is C14H25N3O8S. The van der Waals surface area contributed by atoms with Gasteiger partial charge >= 0.3 is 22.5 Å². The number of nitrogens with zero attached hydrogens (tertiary/aromatic N) is 2. The third-order valence-electron chi connectivity index (χ3n) is 3.02. The first kappa shape index (κ1) is 22.0. The van der Waals surface area contributed by atoms with Crippen LogP contribution in [0.1, 0.15) is 48.5 Å². The molecule has 1 heterocycles. The van der Waals surface area contributed by atoms with Gasteiger partial charge in [0.05, 0.1) is 6.04 Å². The molecule has 0 spiro atoms. The second kappa shape index (κ2) is 6.91. The zero-order valence-corrected chi connectivity index (χ0v) is 16.6. The molecule has 0 aromatic heterocycles. The van der Waals surface area contributed by atoms with E-state index < -0.39 is 51.7 Å². The van der Waals surface area contributed by atoms with Crippen LogP contribution >= 0.6 is 0 Å². The highest BCUT2D eigenvalue weighted by molar-refractivity contribution is 7.84. The molecule has 0 saturated carbocycles. The van der Waals surface area contributed by atoms with Crippen LogP contribution in [0.2, 0.25) is 0 Å². The van der Waals surface area contributed by atoms with Crippen molar-refractivity contribution in [3.8, 4) is 0 Å². The van der Waals surface area contributed by atoms with Gasteiger partial charge in [-0.05, 0) is 48.5 Å². The van der Waals surface area contributed by atoms with E-state index in [0.29, 0.717) is 5.01 Å².